The molecule has 5 heterocycles. The van der Waals surface area contributed by atoms with Gasteiger partial charge >= 0.3 is 0 Å². The number of likely N-dealkylation sites (tertiary alicyclic amines) is 1. The number of piperidine rings is 1. The van der Waals surface area contributed by atoms with Crippen molar-refractivity contribution in [2.24, 2.45) is 5.41 Å². The monoisotopic (exact) mass is 603 g/mol. The van der Waals surface area contributed by atoms with Crippen LogP contribution < -0.4 is 14.5 Å². The van der Waals surface area contributed by atoms with Gasteiger partial charge in [0.1, 0.15) is 11.3 Å². The van der Waals surface area contributed by atoms with Crippen LogP contribution in [0, 0.1) is 5.41 Å². The second-order valence-corrected chi connectivity index (χ2v) is 14.2. The van der Waals surface area contributed by atoms with Gasteiger partial charge in [-0.1, -0.05) is 38.1 Å². The van der Waals surface area contributed by atoms with Crippen molar-refractivity contribution in [1.82, 2.24) is 14.9 Å². The Labute approximate surface area is 266 Å². The molecule has 0 bridgehead atoms. The van der Waals surface area contributed by atoms with Crippen LogP contribution in [0.2, 0.25) is 0 Å². The summed E-state index contributed by atoms with van der Waals surface area (Å²) >= 11 is 0. The minimum atomic E-state index is 0.478. The number of nitrogens with zero attached hydrogens (tertiary/aromatic N) is 4. The number of benzene rings is 2. The topological polar surface area (TPSA) is 64.7 Å². The van der Waals surface area contributed by atoms with E-state index in [2.05, 4.69) is 76.0 Å². The van der Waals surface area contributed by atoms with Crippen LogP contribution in [0.15, 0.2) is 60.8 Å². The van der Waals surface area contributed by atoms with E-state index in [1.807, 2.05) is 18.3 Å². The zero-order valence-electron chi connectivity index (χ0n) is 26.7. The average Bonchev–Trinajstić information content (AvgIpc) is 3.68. The van der Waals surface area contributed by atoms with Crippen LogP contribution in [0.25, 0.3) is 11.0 Å². The van der Waals surface area contributed by atoms with E-state index in [4.69, 9.17) is 9.72 Å². The van der Waals surface area contributed by atoms with Crippen molar-refractivity contribution in [2.45, 2.75) is 76.8 Å². The molecule has 0 amide bonds. The maximum atomic E-state index is 12.3. The molecule has 2 saturated heterocycles. The van der Waals surface area contributed by atoms with Gasteiger partial charge in [0.25, 0.3) is 0 Å². The molecule has 2 aromatic carbocycles. The Kier molecular flexibility index (Phi) is 7.32. The van der Waals surface area contributed by atoms with Crippen molar-refractivity contribution in [3.05, 3.63) is 77.5 Å². The third kappa shape index (κ3) is 5.09. The minimum Gasteiger partial charge on any atom is -0.476 e. The fourth-order valence-electron chi connectivity index (χ4n) is 8.80. The van der Waals surface area contributed by atoms with E-state index in [9.17, 15) is 4.79 Å². The molecule has 1 spiro atoms. The smallest absolute Gasteiger partial charge is 0.239 e. The third-order valence-corrected chi connectivity index (χ3v) is 11.2. The van der Waals surface area contributed by atoms with Gasteiger partial charge in [0.15, 0.2) is 6.29 Å². The highest BCUT2D eigenvalue weighted by atomic mass is 16.5. The molecular formula is C38H45N5O2. The largest absolute Gasteiger partial charge is 0.476 e. The number of hydrogen-bond acceptors (Lipinski definition) is 6. The molecule has 0 unspecified atom stereocenters. The first-order valence-electron chi connectivity index (χ1n) is 17.1. The molecule has 4 aliphatic rings. The summed E-state index contributed by atoms with van der Waals surface area (Å²) in [5.74, 6) is 1.19. The first-order valence-corrected chi connectivity index (χ1v) is 17.1. The average molecular weight is 604 g/mol. The molecular weight excluding hydrogens is 558 g/mol. The lowest BCUT2D eigenvalue weighted by atomic mass is 9.59. The molecule has 2 aromatic heterocycles. The molecule has 3 fully saturated rings. The fraction of sp³-hybridized carbons (Fsp3) is 0.474. The van der Waals surface area contributed by atoms with Gasteiger partial charge in [0.2, 0.25) is 5.88 Å². The number of pyridine rings is 1. The molecule has 4 aromatic rings. The maximum absolute atomic E-state index is 12.3. The summed E-state index contributed by atoms with van der Waals surface area (Å²) in [5, 5.41) is 1.04. The van der Waals surface area contributed by atoms with Crippen LogP contribution in [-0.2, 0) is 0 Å². The molecule has 1 aliphatic carbocycles. The standard InChI is InChI=1S/C38H45N5O2/c1-26(2)31-7-3-4-8-32(31)33-9-5-16-42(33)30-23-38(24-30)13-18-41(19-14-38)29-11-10-28(25-44)34(22-29)43-17-6-20-45-37-35(43)21-27-12-15-39-36(27)40-37/h3-4,7-8,10-12,15,21-22,25-26,30,33H,5-6,9,13-14,16-20,23-24H2,1-2H3,(H,39,40)/t33-/m0/s1. The van der Waals surface area contributed by atoms with Gasteiger partial charge in [0, 0.05) is 54.6 Å². The molecule has 7 heteroatoms. The number of aromatic nitrogens is 2. The molecule has 7 nitrogen and oxygen atoms in total. The number of anilines is 3. The van der Waals surface area contributed by atoms with Crippen LogP contribution in [0.4, 0.5) is 17.1 Å². The summed E-state index contributed by atoms with van der Waals surface area (Å²) in [5.41, 5.74) is 8.17. The van der Waals surface area contributed by atoms with E-state index in [0.29, 0.717) is 41.5 Å². The number of ether oxygens (including phenoxy) is 1. The Hall–Kier alpha value is -3.84. The molecule has 1 N–H and O–H groups in total. The molecule has 1 saturated carbocycles. The zero-order chi connectivity index (χ0) is 30.5. The Morgan fingerprint density at radius 3 is 2.64 bits per heavy atom. The van der Waals surface area contributed by atoms with Crippen molar-refractivity contribution >= 4 is 34.4 Å². The molecule has 3 aliphatic heterocycles. The Morgan fingerprint density at radius 1 is 0.978 bits per heavy atom. The number of carbonyl (C=O) groups is 1. The van der Waals surface area contributed by atoms with Crippen molar-refractivity contribution < 1.29 is 9.53 Å². The number of nitrogens with one attached hydrogen (secondary N) is 1. The van der Waals surface area contributed by atoms with Crippen LogP contribution in [0.5, 0.6) is 5.88 Å². The first kappa shape index (κ1) is 28.6. The number of fused-ring (bicyclic) bond motifs is 2. The molecule has 45 heavy (non-hydrogen) atoms. The van der Waals surface area contributed by atoms with E-state index in [1.165, 1.54) is 56.3 Å². The van der Waals surface area contributed by atoms with E-state index in [1.54, 1.807) is 5.56 Å². The quantitative estimate of drug-likeness (QED) is 0.225. The van der Waals surface area contributed by atoms with Gasteiger partial charge < -0.3 is 19.5 Å². The number of aldehydes is 1. The highest BCUT2D eigenvalue weighted by Crippen LogP contribution is 2.54. The van der Waals surface area contributed by atoms with Crippen molar-refractivity contribution in [1.29, 1.82) is 0 Å². The normalized spacial score (nSPS) is 22.0. The molecule has 0 radical (unpaired) electrons. The number of aromatic amines is 1. The van der Waals surface area contributed by atoms with Crippen LogP contribution >= 0.6 is 0 Å². The Bertz CT molecular complexity index is 1700. The highest BCUT2D eigenvalue weighted by molar-refractivity contribution is 5.91. The lowest BCUT2D eigenvalue weighted by Gasteiger charge is -2.56. The fourth-order valence-corrected chi connectivity index (χ4v) is 8.80. The summed E-state index contributed by atoms with van der Waals surface area (Å²) < 4.78 is 6.06. The molecule has 234 valence electrons. The lowest BCUT2D eigenvalue weighted by Crippen LogP contribution is -2.55. The summed E-state index contributed by atoms with van der Waals surface area (Å²) in [6.45, 7) is 9.42. The van der Waals surface area contributed by atoms with E-state index in [-0.39, 0.29) is 0 Å². The van der Waals surface area contributed by atoms with Gasteiger partial charge in [0.05, 0.1) is 12.3 Å². The van der Waals surface area contributed by atoms with Crippen molar-refractivity contribution in [2.75, 3.05) is 42.6 Å². The summed E-state index contributed by atoms with van der Waals surface area (Å²) in [6, 6.07) is 21.0. The van der Waals surface area contributed by atoms with Crippen LogP contribution in [0.1, 0.15) is 92.2 Å². The Morgan fingerprint density at radius 2 is 1.82 bits per heavy atom. The van der Waals surface area contributed by atoms with Gasteiger partial charge in [-0.15, -0.1) is 0 Å². The second-order valence-electron chi connectivity index (χ2n) is 14.2. The lowest BCUT2D eigenvalue weighted by molar-refractivity contribution is -0.0227. The predicted molar refractivity (Wildman–Crippen MR) is 181 cm³/mol. The van der Waals surface area contributed by atoms with Gasteiger partial charge in [-0.25, -0.2) is 0 Å². The molecule has 1 atom stereocenters. The van der Waals surface area contributed by atoms with Gasteiger partial charge in [-0.3, -0.25) is 9.69 Å². The highest BCUT2D eigenvalue weighted by Gasteiger charge is 2.50. The van der Waals surface area contributed by atoms with E-state index < -0.39 is 0 Å². The zero-order valence-corrected chi connectivity index (χ0v) is 26.7. The minimum absolute atomic E-state index is 0.478. The van der Waals surface area contributed by atoms with Gasteiger partial charge in [-0.2, -0.15) is 4.98 Å². The van der Waals surface area contributed by atoms with Crippen LogP contribution in [-0.4, -0.2) is 60.0 Å². The third-order valence-electron chi connectivity index (χ3n) is 11.2. The Balaban J connectivity index is 0.976. The van der Waals surface area contributed by atoms with Crippen molar-refractivity contribution in [3.63, 3.8) is 0 Å². The SMILES string of the molecule is CC(C)c1ccccc1[C@@H]1CCCN1C1CC2(CCN(c3ccc(C=O)c(N4CCCOc5nc6[nH]ccc6cc54)c3)CC2)C1. The summed E-state index contributed by atoms with van der Waals surface area (Å²) in [4.78, 5) is 27.9. The van der Waals surface area contributed by atoms with Crippen molar-refractivity contribution in [3.8, 4) is 5.88 Å². The number of hydrogen-bond donors (Lipinski definition) is 1. The second kappa shape index (κ2) is 11.5. The number of H-pyrrole nitrogens is 1. The number of carbonyl (C=O) groups excluding carboxylic acids is 1. The van der Waals surface area contributed by atoms with E-state index in [0.717, 1.165) is 54.7 Å². The van der Waals surface area contributed by atoms with E-state index >= 15 is 0 Å². The molecule has 8 rings (SSSR count). The van der Waals surface area contributed by atoms with Gasteiger partial charge in [-0.05, 0) is 104 Å². The maximum Gasteiger partial charge on any atom is 0.239 e. The van der Waals surface area contributed by atoms with Crippen LogP contribution in [0.3, 0.4) is 0 Å². The first-order chi connectivity index (χ1) is 22.0. The predicted octanol–water partition coefficient (Wildman–Crippen LogP) is 8.01. The number of rotatable bonds is 6. The summed E-state index contributed by atoms with van der Waals surface area (Å²) in [6.07, 6.45) is 11.5. The summed E-state index contributed by atoms with van der Waals surface area (Å²) in [7, 11) is 0.